The van der Waals surface area contributed by atoms with Gasteiger partial charge in [0, 0.05) is 37.7 Å². The van der Waals surface area contributed by atoms with Crippen LogP contribution >= 0.6 is 0 Å². The number of sulfonamides is 1. The molecule has 1 aromatic heterocycles. The van der Waals surface area contributed by atoms with E-state index in [9.17, 15) is 13.2 Å². The van der Waals surface area contributed by atoms with E-state index in [1.807, 2.05) is 13.8 Å². The molecule has 1 saturated heterocycles. The molecular weight excluding hydrogens is 328 g/mol. The maximum atomic E-state index is 12.0. The van der Waals surface area contributed by atoms with Crippen molar-refractivity contribution in [2.75, 3.05) is 19.3 Å². The van der Waals surface area contributed by atoms with Crippen LogP contribution < -0.4 is 5.32 Å². The van der Waals surface area contributed by atoms with Gasteiger partial charge in [-0.25, -0.2) is 8.42 Å². The third-order valence-electron chi connectivity index (χ3n) is 4.74. The lowest BCUT2D eigenvalue weighted by atomic mass is 10.0. The summed E-state index contributed by atoms with van der Waals surface area (Å²) in [6.45, 7) is 5.06. The number of H-pyrrole nitrogens is 1. The number of amides is 1. The number of rotatable bonds is 7. The second kappa shape index (κ2) is 8.11. The van der Waals surface area contributed by atoms with Crippen LogP contribution in [0.1, 0.15) is 49.1 Å². The molecule has 2 N–H and O–H groups in total. The summed E-state index contributed by atoms with van der Waals surface area (Å²) in [5.41, 5.74) is 3.07. The highest BCUT2D eigenvalue weighted by Gasteiger charge is 2.28. The Labute approximate surface area is 144 Å². The molecule has 0 saturated carbocycles. The molecule has 2 rings (SSSR count). The minimum absolute atomic E-state index is 0.00489. The summed E-state index contributed by atoms with van der Waals surface area (Å²) in [6.07, 6.45) is 5.76. The standard InChI is InChI=1S/C16H28N4O3S/c1-12-13(2)18-19-15(12)7-8-16(21)17-10-9-14-6-4-5-11-20(14)24(3,22)23/h14H,4-11H2,1-3H3,(H,17,21)(H,18,19). The van der Waals surface area contributed by atoms with E-state index in [0.29, 0.717) is 32.4 Å². The zero-order valence-electron chi connectivity index (χ0n) is 14.8. The first-order valence-electron chi connectivity index (χ1n) is 8.53. The lowest BCUT2D eigenvalue weighted by Crippen LogP contribution is -2.44. The molecule has 1 aliphatic heterocycles. The van der Waals surface area contributed by atoms with Crippen molar-refractivity contribution in [1.82, 2.24) is 19.8 Å². The van der Waals surface area contributed by atoms with Crippen LogP contribution in [0.25, 0.3) is 0 Å². The van der Waals surface area contributed by atoms with Crippen LogP contribution in [-0.4, -0.2) is 54.2 Å². The second-order valence-corrected chi connectivity index (χ2v) is 8.52. The van der Waals surface area contributed by atoms with Crippen LogP contribution in [-0.2, 0) is 21.2 Å². The summed E-state index contributed by atoms with van der Waals surface area (Å²) < 4.78 is 25.2. The van der Waals surface area contributed by atoms with Crippen molar-refractivity contribution in [2.45, 2.75) is 58.4 Å². The molecule has 7 nitrogen and oxygen atoms in total. The molecule has 0 bridgehead atoms. The SMILES string of the molecule is Cc1[nH]nc(CCC(=O)NCCC2CCCCN2S(C)(=O)=O)c1C. The monoisotopic (exact) mass is 356 g/mol. The van der Waals surface area contributed by atoms with Crippen LogP contribution in [0.2, 0.25) is 0 Å². The third-order valence-corrected chi connectivity index (χ3v) is 6.07. The van der Waals surface area contributed by atoms with Gasteiger partial charge in [0.05, 0.1) is 11.9 Å². The molecule has 8 heteroatoms. The van der Waals surface area contributed by atoms with E-state index in [1.165, 1.54) is 6.26 Å². The Morgan fingerprint density at radius 1 is 1.38 bits per heavy atom. The van der Waals surface area contributed by atoms with E-state index in [0.717, 1.165) is 36.2 Å². The first-order valence-corrected chi connectivity index (χ1v) is 10.4. The molecular formula is C16H28N4O3S. The van der Waals surface area contributed by atoms with Gasteiger partial charge in [-0.1, -0.05) is 6.42 Å². The van der Waals surface area contributed by atoms with Crippen LogP contribution in [0, 0.1) is 13.8 Å². The van der Waals surface area contributed by atoms with E-state index < -0.39 is 10.0 Å². The van der Waals surface area contributed by atoms with Crippen molar-refractivity contribution in [2.24, 2.45) is 0 Å². The van der Waals surface area contributed by atoms with E-state index >= 15 is 0 Å². The fourth-order valence-corrected chi connectivity index (χ4v) is 4.39. The molecule has 1 amide bonds. The van der Waals surface area contributed by atoms with Crippen molar-refractivity contribution >= 4 is 15.9 Å². The molecule has 1 aliphatic rings. The average Bonchev–Trinajstić information content (AvgIpc) is 2.84. The van der Waals surface area contributed by atoms with Crippen molar-refractivity contribution in [3.63, 3.8) is 0 Å². The Morgan fingerprint density at radius 2 is 2.12 bits per heavy atom. The van der Waals surface area contributed by atoms with Crippen LogP contribution in [0.3, 0.4) is 0 Å². The van der Waals surface area contributed by atoms with Gasteiger partial charge in [0.2, 0.25) is 15.9 Å². The summed E-state index contributed by atoms with van der Waals surface area (Å²) in [7, 11) is -3.17. The number of aryl methyl sites for hydroxylation is 2. The Hall–Kier alpha value is -1.41. The average molecular weight is 356 g/mol. The number of nitrogens with zero attached hydrogens (tertiary/aromatic N) is 2. The highest BCUT2D eigenvalue weighted by atomic mass is 32.2. The maximum absolute atomic E-state index is 12.0. The highest BCUT2D eigenvalue weighted by Crippen LogP contribution is 2.21. The number of carbonyl (C=O) groups is 1. The van der Waals surface area contributed by atoms with Gasteiger partial charge < -0.3 is 5.32 Å². The summed E-state index contributed by atoms with van der Waals surface area (Å²) in [6, 6.07) is 0.00489. The van der Waals surface area contributed by atoms with Gasteiger partial charge in [-0.05, 0) is 38.7 Å². The summed E-state index contributed by atoms with van der Waals surface area (Å²) in [5, 5.41) is 10.0. The lowest BCUT2D eigenvalue weighted by Gasteiger charge is -2.33. The quantitative estimate of drug-likeness (QED) is 0.769. The van der Waals surface area contributed by atoms with Crippen molar-refractivity contribution in [3.05, 3.63) is 17.0 Å². The smallest absolute Gasteiger partial charge is 0.220 e. The van der Waals surface area contributed by atoms with E-state index in [4.69, 9.17) is 0 Å². The largest absolute Gasteiger partial charge is 0.356 e. The maximum Gasteiger partial charge on any atom is 0.220 e. The number of nitrogens with one attached hydrogen (secondary N) is 2. The molecule has 24 heavy (non-hydrogen) atoms. The molecule has 0 spiro atoms. The molecule has 0 aromatic carbocycles. The van der Waals surface area contributed by atoms with Gasteiger partial charge in [-0.3, -0.25) is 9.89 Å². The molecule has 1 atom stereocenters. The van der Waals surface area contributed by atoms with Crippen molar-refractivity contribution in [1.29, 1.82) is 0 Å². The summed E-state index contributed by atoms with van der Waals surface area (Å²) >= 11 is 0. The van der Waals surface area contributed by atoms with Crippen molar-refractivity contribution in [3.8, 4) is 0 Å². The van der Waals surface area contributed by atoms with E-state index in [1.54, 1.807) is 4.31 Å². The highest BCUT2D eigenvalue weighted by molar-refractivity contribution is 7.88. The fraction of sp³-hybridized carbons (Fsp3) is 0.750. The first-order chi connectivity index (χ1) is 11.3. The Morgan fingerprint density at radius 3 is 2.75 bits per heavy atom. The third kappa shape index (κ3) is 5.04. The normalized spacial score (nSPS) is 19.4. The van der Waals surface area contributed by atoms with Gasteiger partial charge in [0.1, 0.15) is 0 Å². The van der Waals surface area contributed by atoms with Crippen molar-refractivity contribution < 1.29 is 13.2 Å². The van der Waals surface area contributed by atoms with Crippen LogP contribution in [0.5, 0.6) is 0 Å². The van der Waals surface area contributed by atoms with E-state index in [-0.39, 0.29) is 11.9 Å². The Balaban J connectivity index is 1.74. The van der Waals surface area contributed by atoms with Gasteiger partial charge in [0.25, 0.3) is 0 Å². The summed E-state index contributed by atoms with van der Waals surface area (Å²) in [5.74, 6) is -0.0169. The van der Waals surface area contributed by atoms with Gasteiger partial charge in [0.15, 0.2) is 0 Å². The number of aromatic amines is 1. The summed E-state index contributed by atoms with van der Waals surface area (Å²) in [4.78, 5) is 12.0. The molecule has 0 radical (unpaired) electrons. The van der Waals surface area contributed by atoms with Crippen LogP contribution in [0.4, 0.5) is 0 Å². The molecule has 1 unspecified atom stereocenters. The number of hydrogen-bond donors (Lipinski definition) is 2. The predicted octanol–water partition coefficient (Wildman–Crippen LogP) is 1.28. The van der Waals surface area contributed by atoms with Gasteiger partial charge in [-0.2, -0.15) is 9.40 Å². The molecule has 136 valence electrons. The topological polar surface area (TPSA) is 95.2 Å². The molecule has 0 aliphatic carbocycles. The molecule has 2 heterocycles. The molecule has 1 aromatic rings. The van der Waals surface area contributed by atoms with E-state index in [2.05, 4.69) is 15.5 Å². The second-order valence-electron chi connectivity index (χ2n) is 6.58. The number of hydrogen-bond acceptors (Lipinski definition) is 4. The Kier molecular flexibility index (Phi) is 6.40. The number of piperidine rings is 1. The first kappa shape index (κ1) is 18.9. The fourth-order valence-electron chi connectivity index (χ4n) is 3.18. The zero-order valence-corrected chi connectivity index (χ0v) is 15.6. The van der Waals surface area contributed by atoms with Crippen LogP contribution in [0.15, 0.2) is 0 Å². The predicted molar refractivity (Wildman–Crippen MR) is 93.2 cm³/mol. The zero-order chi connectivity index (χ0) is 17.7. The minimum Gasteiger partial charge on any atom is -0.356 e. The number of aromatic nitrogens is 2. The lowest BCUT2D eigenvalue weighted by molar-refractivity contribution is -0.121. The molecule has 1 fully saturated rings. The minimum atomic E-state index is -3.17. The van der Waals surface area contributed by atoms with Gasteiger partial charge >= 0.3 is 0 Å². The Bertz CT molecular complexity index is 669. The van der Waals surface area contributed by atoms with Gasteiger partial charge in [-0.15, -0.1) is 0 Å². The number of carbonyl (C=O) groups excluding carboxylic acids is 1.